The predicted molar refractivity (Wildman–Crippen MR) is 89.8 cm³/mol. The van der Waals surface area contributed by atoms with Crippen LogP contribution in [0.15, 0.2) is 36.7 Å². The van der Waals surface area contributed by atoms with Crippen molar-refractivity contribution in [3.63, 3.8) is 0 Å². The lowest BCUT2D eigenvalue weighted by atomic mass is 9.91. The van der Waals surface area contributed by atoms with E-state index in [1.54, 1.807) is 28.9 Å². The highest BCUT2D eigenvalue weighted by molar-refractivity contribution is 5.91. The smallest absolute Gasteiger partial charge is 0.290 e. The van der Waals surface area contributed by atoms with Crippen molar-refractivity contribution in [3.8, 4) is 0 Å². The van der Waals surface area contributed by atoms with Gasteiger partial charge in [0.05, 0.1) is 19.8 Å². The van der Waals surface area contributed by atoms with E-state index in [9.17, 15) is 9.90 Å². The van der Waals surface area contributed by atoms with Crippen LogP contribution in [0, 0.1) is 6.92 Å². The Balaban J connectivity index is 1.81. The minimum absolute atomic E-state index is 0.131. The minimum atomic E-state index is -0.773. The summed E-state index contributed by atoms with van der Waals surface area (Å²) in [4.78, 5) is 18.6. The van der Waals surface area contributed by atoms with Crippen LogP contribution in [0.3, 0.4) is 0 Å². The Morgan fingerprint density at radius 1 is 1.42 bits per heavy atom. The maximum Gasteiger partial charge on any atom is 0.290 e. The van der Waals surface area contributed by atoms with Gasteiger partial charge in [0.25, 0.3) is 5.91 Å². The number of amides is 1. The largest absolute Gasteiger partial charge is 0.393 e. The summed E-state index contributed by atoms with van der Waals surface area (Å²) in [6, 6.07) is 8.05. The summed E-state index contributed by atoms with van der Waals surface area (Å²) in [5.74, 6) is 0.271. The van der Waals surface area contributed by atoms with Gasteiger partial charge < -0.3 is 19.3 Å². The number of carbonyl (C=O) groups is 1. The van der Waals surface area contributed by atoms with Crippen LogP contribution in [0.5, 0.6) is 0 Å². The molecule has 1 aromatic heterocycles. The second-order valence-corrected chi connectivity index (χ2v) is 6.38. The van der Waals surface area contributed by atoms with Crippen LogP contribution in [0.25, 0.3) is 0 Å². The fourth-order valence-corrected chi connectivity index (χ4v) is 3.15. The van der Waals surface area contributed by atoms with Crippen molar-refractivity contribution in [3.05, 3.63) is 53.6 Å². The van der Waals surface area contributed by atoms with E-state index in [4.69, 9.17) is 4.74 Å². The Labute approximate surface area is 141 Å². The number of imidazole rings is 1. The van der Waals surface area contributed by atoms with Crippen LogP contribution in [-0.4, -0.2) is 57.4 Å². The third-order valence-electron chi connectivity index (χ3n) is 4.61. The molecule has 1 N–H and O–H groups in total. The Morgan fingerprint density at radius 2 is 2.21 bits per heavy atom. The first-order valence-corrected chi connectivity index (χ1v) is 8.10. The summed E-state index contributed by atoms with van der Waals surface area (Å²) in [6.45, 7) is 3.17. The van der Waals surface area contributed by atoms with Gasteiger partial charge in [0.15, 0.2) is 5.82 Å². The van der Waals surface area contributed by atoms with E-state index in [1.807, 2.05) is 31.2 Å². The number of rotatable bonds is 4. The number of carbonyl (C=O) groups excluding carboxylic acids is 1. The Hall–Kier alpha value is -2.18. The van der Waals surface area contributed by atoms with E-state index in [0.29, 0.717) is 31.9 Å². The molecule has 1 saturated heterocycles. The number of aromatic nitrogens is 2. The van der Waals surface area contributed by atoms with Crippen molar-refractivity contribution in [2.24, 2.45) is 7.05 Å². The quantitative estimate of drug-likeness (QED) is 0.914. The maximum absolute atomic E-state index is 12.7. The molecule has 1 amide bonds. The molecular formula is C18H23N3O3. The van der Waals surface area contributed by atoms with E-state index in [1.165, 1.54) is 0 Å². The number of hydrogen-bond donors (Lipinski definition) is 1. The van der Waals surface area contributed by atoms with E-state index in [0.717, 1.165) is 11.1 Å². The summed E-state index contributed by atoms with van der Waals surface area (Å²) in [7, 11) is 1.80. The number of ether oxygens (including phenoxy) is 1. The van der Waals surface area contributed by atoms with E-state index in [-0.39, 0.29) is 12.5 Å². The van der Waals surface area contributed by atoms with Gasteiger partial charge in [-0.15, -0.1) is 0 Å². The van der Waals surface area contributed by atoms with Gasteiger partial charge in [0.2, 0.25) is 0 Å². The molecule has 1 unspecified atom stereocenters. The Morgan fingerprint density at radius 3 is 2.88 bits per heavy atom. The average molecular weight is 329 g/mol. The molecule has 0 saturated carbocycles. The zero-order chi connectivity index (χ0) is 17.2. The number of aryl methyl sites for hydroxylation is 2. The molecule has 1 atom stereocenters. The highest BCUT2D eigenvalue weighted by Crippen LogP contribution is 2.25. The second-order valence-electron chi connectivity index (χ2n) is 6.38. The molecule has 24 heavy (non-hydrogen) atoms. The predicted octanol–water partition coefficient (Wildman–Crippen LogP) is 1.17. The fourth-order valence-electron chi connectivity index (χ4n) is 3.15. The summed E-state index contributed by atoms with van der Waals surface area (Å²) in [5, 5.41) is 9.99. The molecule has 0 bridgehead atoms. The molecule has 1 fully saturated rings. The standard InChI is InChI=1S/C18H23N3O3/c1-14-5-3-4-6-15(14)11-18(13-22)12-21(9-10-24-18)17(23)16-19-7-8-20(16)2/h3-8,22H,9-13H2,1-2H3. The van der Waals surface area contributed by atoms with Crippen molar-refractivity contribution in [1.29, 1.82) is 0 Å². The van der Waals surface area contributed by atoms with Gasteiger partial charge in [-0.1, -0.05) is 24.3 Å². The van der Waals surface area contributed by atoms with E-state index >= 15 is 0 Å². The maximum atomic E-state index is 12.7. The zero-order valence-corrected chi connectivity index (χ0v) is 14.1. The molecular weight excluding hydrogens is 306 g/mol. The van der Waals surface area contributed by atoms with Gasteiger partial charge in [-0.3, -0.25) is 4.79 Å². The first-order valence-electron chi connectivity index (χ1n) is 8.10. The van der Waals surface area contributed by atoms with Crippen molar-refractivity contribution in [2.45, 2.75) is 18.9 Å². The third-order valence-corrected chi connectivity index (χ3v) is 4.61. The van der Waals surface area contributed by atoms with Crippen LogP contribution in [0.4, 0.5) is 0 Å². The topological polar surface area (TPSA) is 67.6 Å². The molecule has 0 aliphatic carbocycles. The van der Waals surface area contributed by atoms with Gasteiger partial charge in [0.1, 0.15) is 5.60 Å². The summed E-state index contributed by atoms with van der Waals surface area (Å²) < 4.78 is 7.64. The first-order chi connectivity index (χ1) is 11.5. The third kappa shape index (κ3) is 3.20. The number of aliphatic hydroxyl groups is 1. The Kier molecular flexibility index (Phi) is 4.69. The van der Waals surface area contributed by atoms with Crippen LogP contribution in [0.2, 0.25) is 0 Å². The molecule has 1 aliphatic heterocycles. The number of aliphatic hydroxyl groups excluding tert-OH is 1. The van der Waals surface area contributed by atoms with Gasteiger partial charge in [-0.2, -0.15) is 0 Å². The summed E-state index contributed by atoms with van der Waals surface area (Å²) >= 11 is 0. The van der Waals surface area contributed by atoms with Crippen LogP contribution in [-0.2, 0) is 18.2 Å². The number of nitrogens with zero attached hydrogens (tertiary/aromatic N) is 3. The number of hydrogen-bond acceptors (Lipinski definition) is 4. The van der Waals surface area contributed by atoms with Crippen molar-refractivity contribution < 1.29 is 14.6 Å². The highest BCUT2D eigenvalue weighted by atomic mass is 16.5. The molecule has 0 spiro atoms. The number of morpholine rings is 1. The molecule has 2 heterocycles. The first kappa shape index (κ1) is 16.7. The highest BCUT2D eigenvalue weighted by Gasteiger charge is 2.39. The SMILES string of the molecule is Cc1ccccc1CC1(CO)CN(C(=O)c2nccn2C)CCO1. The van der Waals surface area contributed by atoms with Gasteiger partial charge in [-0.05, 0) is 18.1 Å². The van der Waals surface area contributed by atoms with Gasteiger partial charge in [0, 0.05) is 32.4 Å². The lowest BCUT2D eigenvalue weighted by molar-refractivity contribution is -0.123. The van der Waals surface area contributed by atoms with E-state index in [2.05, 4.69) is 4.98 Å². The normalized spacial score (nSPS) is 21.0. The molecule has 0 radical (unpaired) electrons. The van der Waals surface area contributed by atoms with Crippen LogP contribution < -0.4 is 0 Å². The van der Waals surface area contributed by atoms with Gasteiger partial charge in [-0.25, -0.2) is 4.98 Å². The van der Waals surface area contributed by atoms with Crippen LogP contribution in [0.1, 0.15) is 21.7 Å². The number of benzene rings is 1. The average Bonchev–Trinajstić information content (AvgIpc) is 3.02. The summed E-state index contributed by atoms with van der Waals surface area (Å²) in [6.07, 6.45) is 3.93. The van der Waals surface area contributed by atoms with Crippen molar-refractivity contribution in [2.75, 3.05) is 26.3 Å². The fraction of sp³-hybridized carbons (Fsp3) is 0.444. The molecule has 6 heteroatoms. The lowest BCUT2D eigenvalue weighted by Crippen LogP contribution is -2.57. The summed E-state index contributed by atoms with van der Waals surface area (Å²) in [5.41, 5.74) is 1.50. The molecule has 1 aromatic carbocycles. The minimum Gasteiger partial charge on any atom is -0.393 e. The lowest BCUT2D eigenvalue weighted by Gasteiger charge is -2.42. The van der Waals surface area contributed by atoms with E-state index < -0.39 is 5.60 Å². The molecule has 128 valence electrons. The Bertz CT molecular complexity index is 728. The monoisotopic (exact) mass is 329 g/mol. The van der Waals surface area contributed by atoms with Gasteiger partial charge >= 0.3 is 0 Å². The molecule has 3 rings (SSSR count). The zero-order valence-electron chi connectivity index (χ0n) is 14.1. The van der Waals surface area contributed by atoms with Crippen LogP contribution >= 0.6 is 0 Å². The van der Waals surface area contributed by atoms with Crippen molar-refractivity contribution in [1.82, 2.24) is 14.5 Å². The molecule has 2 aromatic rings. The van der Waals surface area contributed by atoms with Crippen molar-refractivity contribution >= 4 is 5.91 Å². The second kappa shape index (κ2) is 6.75. The molecule has 6 nitrogen and oxygen atoms in total. The molecule has 1 aliphatic rings.